The molecule has 3 nitrogen and oxygen atoms in total. The fraction of sp³-hybridized carbons (Fsp3) is 0.127. The minimum absolute atomic E-state index is 0.0382. The summed E-state index contributed by atoms with van der Waals surface area (Å²) in [5, 5.41) is 4.85. The molecule has 0 atom stereocenters. The summed E-state index contributed by atoms with van der Waals surface area (Å²) in [5.74, 6) is 0. The minimum Gasteiger partial charge on any atom is -0.454 e. The van der Waals surface area contributed by atoms with Gasteiger partial charge in [0.25, 0.3) is 0 Å². The zero-order chi connectivity index (χ0) is 40.2. The average Bonchev–Trinajstić information content (AvgIpc) is 3.84. The number of para-hydroxylation sites is 3. The molecule has 0 saturated carbocycles. The first kappa shape index (κ1) is 34.3. The van der Waals surface area contributed by atoms with Crippen LogP contribution in [0, 0.1) is 0 Å². The van der Waals surface area contributed by atoms with Crippen LogP contribution in [-0.4, -0.2) is 6.85 Å². The summed E-state index contributed by atoms with van der Waals surface area (Å²) >= 11 is 1.94. The largest absolute Gasteiger partial charge is 0.454 e. The standard InChI is InChI=1S/C55H41BN2OS/c1-54(2,3)33-26-29-43(38(30-33)32-16-7-6-8-17-32)57-45-31-39-35-19-10-14-25-47(35)60-53(39)48-37-20-15-22-41-50(37)58(44-23-12-11-21-40(44)55(41,4)5)56(49(45)48)42-28-27-36-34-18-9-13-24-46(34)59-52(36)51(42)57/h6-31H,1-5H3. The molecule has 8 aromatic carbocycles. The number of nitrogens with zero attached hydrogens (tertiary/aromatic N) is 2. The number of furan rings is 1. The molecule has 13 rings (SSSR count). The zero-order valence-corrected chi connectivity index (χ0v) is 35.1. The highest BCUT2D eigenvalue weighted by Crippen LogP contribution is 2.59. The molecule has 286 valence electrons. The highest BCUT2D eigenvalue weighted by molar-refractivity contribution is 7.26. The third-order valence-corrected chi connectivity index (χ3v) is 15.0. The molecule has 10 aromatic rings. The second-order valence-electron chi connectivity index (χ2n) is 18.4. The van der Waals surface area contributed by atoms with Crippen LogP contribution in [0.5, 0.6) is 0 Å². The Morgan fingerprint density at radius 2 is 1.33 bits per heavy atom. The monoisotopic (exact) mass is 788 g/mol. The first-order chi connectivity index (χ1) is 29.2. The van der Waals surface area contributed by atoms with Crippen LogP contribution in [0.2, 0.25) is 0 Å². The summed E-state index contributed by atoms with van der Waals surface area (Å²) < 4.78 is 9.81. The molecule has 0 aliphatic carbocycles. The van der Waals surface area contributed by atoms with Gasteiger partial charge in [0.15, 0.2) is 5.58 Å². The summed E-state index contributed by atoms with van der Waals surface area (Å²) in [6.07, 6.45) is 0. The van der Waals surface area contributed by atoms with Gasteiger partial charge in [-0.15, -0.1) is 11.3 Å². The van der Waals surface area contributed by atoms with E-state index in [-0.39, 0.29) is 17.7 Å². The minimum atomic E-state index is -0.196. The van der Waals surface area contributed by atoms with Crippen molar-refractivity contribution in [3.63, 3.8) is 0 Å². The van der Waals surface area contributed by atoms with Crippen LogP contribution < -0.4 is 20.6 Å². The summed E-state index contributed by atoms with van der Waals surface area (Å²) in [6.45, 7) is 11.6. The van der Waals surface area contributed by atoms with Crippen molar-refractivity contribution in [3.8, 4) is 22.3 Å². The molecule has 3 aliphatic rings. The summed E-state index contributed by atoms with van der Waals surface area (Å²) in [5.41, 5.74) is 19.3. The van der Waals surface area contributed by atoms with Crippen LogP contribution in [0.4, 0.5) is 28.4 Å². The van der Waals surface area contributed by atoms with E-state index in [9.17, 15) is 0 Å². The van der Waals surface area contributed by atoms with Crippen LogP contribution in [0.1, 0.15) is 51.3 Å². The van der Waals surface area contributed by atoms with E-state index >= 15 is 0 Å². The third-order valence-electron chi connectivity index (χ3n) is 13.8. The van der Waals surface area contributed by atoms with Crippen molar-refractivity contribution >= 4 is 99.7 Å². The van der Waals surface area contributed by atoms with Crippen molar-refractivity contribution in [1.82, 2.24) is 0 Å². The fourth-order valence-electron chi connectivity index (χ4n) is 10.9. The predicted octanol–water partition coefficient (Wildman–Crippen LogP) is 14.3. The molecule has 2 aromatic heterocycles. The van der Waals surface area contributed by atoms with Gasteiger partial charge >= 0.3 is 6.85 Å². The Morgan fingerprint density at radius 1 is 0.583 bits per heavy atom. The molecule has 0 amide bonds. The topological polar surface area (TPSA) is 19.6 Å². The van der Waals surface area contributed by atoms with Crippen molar-refractivity contribution < 1.29 is 4.42 Å². The molecule has 5 heteroatoms. The van der Waals surface area contributed by atoms with Gasteiger partial charge in [-0.25, -0.2) is 0 Å². The summed E-state index contributed by atoms with van der Waals surface area (Å²) in [7, 11) is 0. The lowest BCUT2D eigenvalue weighted by molar-refractivity contribution is 0.590. The van der Waals surface area contributed by atoms with Gasteiger partial charge in [-0.2, -0.15) is 0 Å². The molecule has 0 bridgehead atoms. The second kappa shape index (κ2) is 11.8. The molecule has 0 fully saturated rings. The lowest BCUT2D eigenvalue weighted by atomic mass is 9.42. The Labute approximate surface area is 354 Å². The molecule has 60 heavy (non-hydrogen) atoms. The van der Waals surface area contributed by atoms with Crippen molar-refractivity contribution in [2.45, 2.75) is 45.4 Å². The molecular formula is C55H41BN2OS. The number of hydrogen-bond donors (Lipinski definition) is 0. The van der Waals surface area contributed by atoms with E-state index in [2.05, 4.69) is 202 Å². The van der Waals surface area contributed by atoms with Gasteiger partial charge in [0, 0.05) is 70.1 Å². The summed E-state index contributed by atoms with van der Waals surface area (Å²) in [6, 6.07) is 59.1. The Kier molecular flexibility index (Phi) is 6.75. The van der Waals surface area contributed by atoms with Gasteiger partial charge in [0.05, 0.1) is 11.4 Å². The van der Waals surface area contributed by atoms with E-state index in [1.807, 2.05) is 11.3 Å². The van der Waals surface area contributed by atoms with Crippen molar-refractivity contribution in [3.05, 3.63) is 174 Å². The van der Waals surface area contributed by atoms with Crippen LogP contribution in [-0.2, 0) is 10.8 Å². The third kappa shape index (κ3) is 4.40. The molecule has 0 unspecified atom stereocenters. The number of rotatable bonds is 2. The SMILES string of the molecule is CC(C)(C)c1ccc(N2c3cc4c(sc5ccccc54)c4c3B(c3ccc5c(oc6ccccc65)c32)N2c3ccccc3C(C)(C)c3cccc-4c32)c(-c2ccccc2)c1. The molecule has 0 radical (unpaired) electrons. The average molecular weight is 789 g/mol. The number of hydrogen-bond acceptors (Lipinski definition) is 4. The Hall–Kier alpha value is -6.56. The molecule has 5 heterocycles. The highest BCUT2D eigenvalue weighted by Gasteiger charge is 2.51. The van der Waals surface area contributed by atoms with E-state index in [1.54, 1.807) is 0 Å². The Balaban J connectivity index is 1.26. The van der Waals surface area contributed by atoms with Gasteiger partial charge in [-0.3, -0.25) is 0 Å². The number of fused-ring (bicyclic) bond motifs is 14. The zero-order valence-electron chi connectivity index (χ0n) is 34.3. The normalized spacial score (nSPS) is 14.8. The molecule has 0 N–H and O–H groups in total. The Bertz CT molecular complexity index is 3480. The van der Waals surface area contributed by atoms with Crippen LogP contribution in [0.25, 0.3) is 64.4 Å². The van der Waals surface area contributed by atoms with Gasteiger partial charge < -0.3 is 14.1 Å². The van der Waals surface area contributed by atoms with Crippen molar-refractivity contribution in [2.24, 2.45) is 0 Å². The van der Waals surface area contributed by atoms with Crippen molar-refractivity contribution in [1.29, 1.82) is 0 Å². The van der Waals surface area contributed by atoms with Gasteiger partial charge in [0.2, 0.25) is 0 Å². The quantitative estimate of drug-likeness (QED) is 0.163. The summed E-state index contributed by atoms with van der Waals surface area (Å²) in [4.78, 5) is 5.28. The van der Waals surface area contributed by atoms with Gasteiger partial charge in [0.1, 0.15) is 5.58 Å². The second-order valence-corrected chi connectivity index (χ2v) is 19.5. The maximum Gasteiger partial charge on any atom is 0.333 e. The molecule has 0 spiro atoms. The molecular weight excluding hydrogens is 747 g/mol. The van der Waals surface area contributed by atoms with Gasteiger partial charge in [-0.1, -0.05) is 156 Å². The first-order valence-corrected chi connectivity index (χ1v) is 21.9. The van der Waals surface area contributed by atoms with Crippen LogP contribution in [0.3, 0.4) is 0 Å². The number of anilines is 5. The van der Waals surface area contributed by atoms with Crippen LogP contribution >= 0.6 is 11.3 Å². The van der Waals surface area contributed by atoms with E-state index < -0.39 is 0 Å². The first-order valence-electron chi connectivity index (χ1n) is 21.1. The number of benzene rings is 8. The smallest absolute Gasteiger partial charge is 0.333 e. The fourth-order valence-corrected chi connectivity index (χ4v) is 12.2. The Morgan fingerprint density at radius 3 is 2.18 bits per heavy atom. The molecule has 3 aliphatic heterocycles. The lowest BCUT2D eigenvalue weighted by Crippen LogP contribution is -2.63. The maximum atomic E-state index is 7.15. The van der Waals surface area contributed by atoms with Crippen molar-refractivity contribution in [2.75, 3.05) is 9.71 Å². The number of thiophene rings is 1. The maximum absolute atomic E-state index is 7.15. The van der Waals surface area contributed by atoms with E-state index in [0.29, 0.717) is 0 Å². The highest BCUT2D eigenvalue weighted by atomic mass is 32.1. The predicted molar refractivity (Wildman–Crippen MR) is 257 cm³/mol. The van der Waals surface area contributed by atoms with E-state index in [4.69, 9.17) is 4.42 Å². The van der Waals surface area contributed by atoms with Gasteiger partial charge in [-0.05, 0) is 75.0 Å². The molecule has 0 saturated heterocycles. The van der Waals surface area contributed by atoms with Crippen LogP contribution in [0.15, 0.2) is 162 Å². The lowest BCUT2D eigenvalue weighted by Gasteiger charge is -2.51. The van der Waals surface area contributed by atoms with E-state index in [0.717, 1.165) is 33.3 Å². The van der Waals surface area contributed by atoms with E-state index in [1.165, 1.54) is 87.1 Å².